The predicted molar refractivity (Wildman–Crippen MR) is 72.4 cm³/mol. The molecule has 0 unspecified atom stereocenters. The van der Waals surface area contributed by atoms with E-state index in [2.05, 4.69) is 51.2 Å². The number of hydrogen-bond donors (Lipinski definition) is 1. The van der Waals surface area contributed by atoms with Crippen molar-refractivity contribution in [2.75, 3.05) is 6.54 Å². The van der Waals surface area contributed by atoms with E-state index in [1.807, 2.05) is 0 Å². The summed E-state index contributed by atoms with van der Waals surface area (Å²) >= 11 is 0. The number of benzene rings is 1. The molecular weight excluding hydrogens is 210 g/mol. The van der Waals surface area contributed by atoms with Crippen LogP contribution in [0.2, 0.25) is 0 Å². The lowest BCUT2D eigenvalue weighted by Crippen LogP contribution is -2.11. The van der Waals surface area contributed by atoms with E-state index in [9.17, 15) is 0 Å². The van der Waals surface area contributed by atoms with Gasteiger partial charge in [0.2, 0.25) is 0 Å². The first kappa shape index (κ1) is 12.2. The van der Waals surface area contributed by atoms with Crippen molar-refractivity contribution in [2.24, 2.45) is 0 Å². The molecule has 0 saturated heterocycles. The van der Waals surface area contributed by atoms with Crippen LogP contribution in [0.25, 0.3) is 11.0 Å². The van der Waals surface area contributed by atoms with Gasteiger partial charge in [0.1, 0.15) is 11.3 Å². The first-order valence-corrected chi connectivity index (χ1v) is 6.36. The Balaban J connectivity index is 2.43. The van der Waals surface area contributed by atoms with E-state index in [1.165, 1.54) is 16.5 Å². The van der Waals surface area contributed by atoms with E-state index in [1.54, 1.807) is 0 Å². The van der Waals surface area contributed by atoms with Crippen molar-refractivity contribution in [1.82, 2.24) is 5.32 Å². The third kappa shape index (κ3) is 2.37. The van der Waals surface area contributed by atoms with Gasteiger partial charge in [-0.3, -0.25) is 0 Å². The Morgan fingerprint density at radius 3 is 2.71 bits per heavy atom. The van der Waals surface area contributed by atoms with Gasteiger partial charge in [0, 0.05) is 5.39 Å². The van der Waals surface area contributed by atoms with Crippen molar-refractivity contribution >= 4 is 11.0 Å². The standard InChI is InChI=1S/C15H21NO/c1-5-16-9-15-11(4)13-8-12(10(2)3)6-7-14(13)17-15/h6-8,10,16H,5,9H2,1-4H3. The second kappa shape index (κ2) is 4.92. The van der Waals surface area contributed by atoms with E-state index in [-0.39, 0.29) is 0 Å². The third-order valence-corrected chi connectivity index (χ3v) is 3.26. The van der Waals surface area contributed by atoms with Gasteiger partial charge in [-0.05, 0) is 42.6 Å². The summed E-state index contributed by atoms with van der Waals surface area (Å²) in [6.07, 6.45) is 0. The van der Waals surface area contributed by atoms with Gasteiger partial charge in [0.15, 0.2) is 0 Å². The van der Waals surface area contributed by atoms with Gasteiger partial charge in [0.25, 0.3) is 0 Å². The van der Waals surface area contributed by atoms with Crippen molar-refractivity contribution in [2.45, 2.75) is 40.2 Å². The summed E-state index contributed by atoms with van der Waals surface area (Å²) in [6.45, 7) is 10.5. The first-order valence-electron chi connectivity index (χ1n) is 6.36. The fraction of sp³-hybridized carbons (Fsp3) is 0.467. The van der Waals surface area contributed by atoms with E-state index in [0.717, 1.165) is 24.4 Å². The number of hydrogen-bond acceptors (Lipinski definition) is 2. The zero-order chi connectivity index (χ0) is 12.4. The number of nitrogens with one attached hydrogen (secondary N) is 1. The molecule has 1 aromatic carbocycles. The Labute approximate surface area is 103 Å². The molecule has 0 atom stereocenters. The van der Waals surface area contributed by atoms with Gasteiger partial charge in [-0.1, -0.05) is 26.8 Å². The van der Waals surface area contributed by atoms with E-state index in [4.69, 9.17) is 4.42 Å². The number of rotatable bonds is 4. The fourth-order valence-corrected chi connectivity index (χ4v) is 2.06. The molecule has 0 aliphatic rings. The minimum Gasteiger partial charge on any atom is -0.459 e. The number of aryl methyl sites for hydroxylation is 1. The highest BCUT2D eigenvalue weighted by Gasteiger charge is 2.11. The molecule has 0 radical (unpaired) electrons. The van der Waals surface area contributed by atoms with E-state index in [0.29, 0.717) is 5.92 Å². The van der Waals surface area contributed by atoms with Crippen molar-refractivity contribution in [3.63, 3.8) is 0 Å². The van der Waals surface area contributed by atoms with Crippen molar-refractivity contribution in [3.8, 4) is 0 Å². The summed E-state index contributed by atoms with van der Waals surface area (Å²) < 4.78 is 5.87. The van der Waals surface area contributed by atoms with E-state index < -0.39 is 0 Å². The van der Waals surface area contributed by atoms with Crippen LogP contribution in [0.1, 0.15) is 43.6 Å². The topological polar surface area (TPSA) is 25.2 Å². The average molecular weight is 231 g/mol. The maximum absolute atomic E-state index is 5.87. The molecule has 1 heterocycles. The molecule has 1 N–H and O–H groups in total. The fourth-order valence-electron chi connectivity index (χ4n) is 2.06. The molecule has 0 saturated carbocycles. The summed E-state index contributed by atoms with van der Waals surface area (Å²) in [5.41, 5.74) is 3.64. The normalized spacial score (nSPS) is 11.6. The monoisotopic (exact) mass is 231 g/mol. The molecule has 0 aliphatic heterocycles. The molecule has 17 heavy (non-hydrogen) atoms. The molecule has 0 bridgehead atoms. The molecular formula is C15H21NO. The molecule has 2 rings (SSSR count). The zero-order valence-corrected chi connectivity index (χ0v) is 11.1. The molecule has 2 aromatic rings. The Morgan fingerprint density at radius 2 is 2.06 bits per heavy atom. The van der Waals surface area contributed by atoms with Gasteiger partial charge in [0.05, 0.1) is 6.54 Å². The van der Waals surface area contributed by atoms with Crippen LogP contribution in [0.5, 0.6) is 0 Å². The van der Waals surface area contributed by atoms with Gasteiger partial charge >= 0.3 is 0 Å². The second-order valence-electron chi connectivity index (χ2n) is 4.84. The van der Waals surface area contributed by atoms with Gasteiger partial charge in [-0.25, -0.2) is 0 Å². The van der Waals surface area contributed by atoms with Crippen molar-refractivity contribution < 1.29 is 4.42 Å². The maximum Gasteiger partial charge on any atom is 0.134 e. The highest BCUT2D eigenvalue weighted by Crippen LogP contribution is 2.28. The molecule has 0 amide bonds. The van der Waals surface area contributed by atoms with Crippen LogP contribution in [-0.2, 0) is 6.54 Å². The number of fused-ring (bicyclic) bond motifs is 1. The predicted octanol–water partition coefficient (Wildman–Crippen LogP) is 3.97. The third-order valence-electron chi connectivity index (χ3n) is 3.26. The van der Waals surface area contributed by atoms with Gasteiger partial charge in [-0.2, -0.15) is 0 Å². The highest BCUT2D eigenvalue weighted by atomic mass is 16.3. The quantitative estimate of drug-likeness (QED) is 0.861. The van der Waals surface area contributed by atoms with Crippen molar-refractivity contribution in [3.05, 3.63) is 35.1 Å². The van der Waals surface area contributed by atoms with Crippen LogP contribution < -0.4 is 5.32 Å². The van der Waals surface area contributed by atoms with Gasteiger partial charge < -0.3 is 9.73 Å². The SMILES string of the molecule is CCNCc1oc2ccc(C(C)C)cc2c1C. The molecule has 0 aliphatic carbocycles. The summed E-state index contributed by atoms with van der Waals surface area (Å²) in [5.74, 6) is 1.62. The number of furan rings is 1. The Bertz CT molecular complexity index is 511. The molecule has 0 fully saturated rings. The smallest absolute Gasteiger partial charge is 0.134 e. The van der Waals surface area contributed by atoms with Gasteiger partial charge in [-0.15, -0.1) is 0 Å². The molecule has 2 nitrogen and oxygen atoms in total. The molecule has 0 spiro atoms. The second-order valence-corrected chi connectivity index (χ2v) is 4.84. The summed E-state index contributed by atoms with van der Waals surface area (Å²) in [7, 11) is 0. The lowest BCUT2D eigenvalue weighted by Gasteiger charge is -2.04. The maximum atomic E-state index is 5.87. The van der Waals surface area contributed by atoms with Crippen LogP contribution in [0, 0.1) is 6.92 Å². The minimum atomic E-state index is 0.561. The van der Waals surface area contributed by atoms with Crippen LogP contribution in [0.15, 0.2) is 22.6 Å². The molecule has 2 heteroatoms. The highest BCUT2D eigenvalue weighted by molar-refractivity contribution is 5.82. The van der Waals surface area contributed by atoms with Crippen LogP contribution in [-0.4, -0.2) is 6.54 Å². The molecule has 92 valence electrons. The Kier molecular flexibility index (Phi) is 3.53. The summed E-state index contributed by atoms with van der Waals surface area (Å²) in [6, 6.07) is 6.51. The van der Waals surface area contributed by atoms with Crippen LogP contribution >= 0.6 is 0 Å². The summed E-state index contributed by atoms with van der Waals surface area (Å²) in [4.78, 5) is 0. The van der Waals surface area contributed by atoms with Crippen LogP contribution in [0.4, 0.5) is 0 Å². The lowest BCUT2D eigenvalue weighted by molar-refractivity contribution is 0.516. The summed E-state index contributed by atoms with van der Waals surface area (Å²) in [5, 5.41) is 4.56. The average Bonchev–Trinajstić information content (AvgIpc) is 2.63. The Morgan fingerprint density at radius 1 is 1.29 bits per heavy atom. The van der Waals surface area contributed by atoms with Crippen molar-refractivity contribution in [1.29, 1.82) is 0 Å². The first-order chi connectivity index (χ1) is 8.13. The van der Waals surface area contributed by atoms with E-state index >= 15 is 0 Å². The lowest BCUT2D eigenvalue weighted by atomic mass is 10.0. The van der Waals surface area contributed by atoms with Crippen LogP contribution in [0.3, 0.4) is 0 Å². The zero-order valence-electron chi connectivity index (χ0n) is 11.1. The molecule has 1 aromatic heterocycles. The Hall–Kier alpha value is -1.28. The minimum absolute atomic E-state index is 0.561. The largest absolute Gasteiger partial charge is 0.459 e.